The molecule has 1 aromatic carbocycles. The topological polar surface area (TPSA) is 90.3 Å². The van der Waals surface area contributed by atoms with Crippen molar-refractivity contribution in [2.24, 2.45) is 0 Å². The summed E-state index contributed by atoms with van der Waals surface area (Å²) in [6.07, 6.45) is 2.35. The number of benzene rings is 1. The average Bonchev–Trinajstić information content (AvgIpc) is 2.69. The number of aliphatic carboxylic acids is 2. The molecule has 0 bridgehead atoms. The molecular weight excluding hydrogens is 440 g/mol. The van der Waals surface area contributed by atoms with Gasteiger partial charge in [-0.3, -0.25) is 0 Å². The molecule has 0 spiro atoms. The molecule has 0 aliphatic carbocycles. The van der Waals surface area contributed by atoms with Gasteiger partial charge in [0.1, 0.15) is 5.75 Å². The number of hydrogen-bond acceptors (Lipinski definition) is 5. The molecule has 8 heteroatoms. The molecule has 7 nitrogen and oxygen atoms in total. The van der Waals surface area contributed by atoms with Crippen molar-refractivity contribution in [2.75, 3.05) is 45.9 Å². The molecule has 1 aromatic rings. The molecule has 164 valence electrons. The predicted octanol–water partition coefficient (Wildman–Crippen LogP) is 3.52. The van der Waals surface area contributed by atoms with E-state index in [9.17, 15) is 0 Å². The first kappa shape index (κ1) is 25.4. The first-order valence-corrected chi connectivity index (χ1v) is 10.9. The van der Waals surface area contributed by atoms with Crippen LogP contribution in [0.4, 0.5) is 0 Å². The number of ether oxygens (including phenoxy) is 1. The van der Waals surface area contributed by atoms with Crippen LogP contribution in [-0.2, 0) is 9.59 Å². The lowest BCUT2D eigenvalue weighted by molar-refractivity contribution is -0.159. The van der Waals surface area contributed by atoms with Gasteiger partial charge >= 0.3 is 11.9 Å². The van der Waals surface area contributed by atoms with Crippen LogP contribution in [0.1, 0.15) is 45.1 Å². The first-order chi connectivity index (χ1) is 13.7. The Bertz CT molecular complexity index is 634. The Hall–Kier alpha value is -1.64. The molecule has 0 aromatic heterocycles. The maximum absolute atomic E-state index is 9.10. The van der Waals surface area contributed by atoms with Crippen molar-refractivity contribution in [3.8, 4) is 5.75 Å². The Morgan fingerprint density at radius 2 is 1.66 bits per heavy atom. The van der Waals surface area contributed by atoms with Crippen LogP contribution in [0.2, 0.25) is 0 Å². The molecule has 1 aliphatic heterocycles. The number of hydrogen-bond donors (Lipinski definition) is 2. The number of carboxylic acids is 2. The number of nitrogens with zero attached hydrogens (tertiary/aromatic N) is 2. The minimum Gasteiger partial charge on any atom is -0.493 e. The quantitative estimate of drug-likeness (QED) is 0.441. The zero-order valence-corrected chi connectivity index (χ0v) is 19.2. The van der Waals surface area contributed by atoms with E-state index in [0.29, 0.717) is 5.92 Å². The van der Waals surface area contributed by atoms with Crippen molar-refractivity contribution >= 4 is 27.9 Å². The van der Waals surface area contributed by atoms with Crippen molar-refractivity contribution in [1.29, 1.82) is 0 Å². The van der Waals surface area contributed by atoms with Crippen molar-refractivity contribution in [3.05, 3.63) is 28.2 Å². The van der Waals surface area contributed by atoms with Crippen LogP contribution in [0.5, 0.6) is 5.75 Å². The van der Waals surface area contributed by atoms with E-state index in [2.05, 4.69) is 64.7 Å². The van der Waals surface area contributed by atoms with Gasteiger partial charge in [-0.05, 0) is 55.6 Å². The van der Waals surface area contributed by atoms with Crippen molar-refractivity contribution in [3.63, 3.8) is 0 Å². The molecule has 0 radical (unpaired) electrons. The summed E-state index contributed by atoms with van der Waals surface area (Å²) < 4.78 is 7.15. The normalized spacial score (nSPS) is 14.9. The number of unbranched alkanes of at least 4 members (excludes halogenated alkanes) is 1. The second kappa shape index (κ2) is 13.6. The molecule has 1 heterocycles. The molecule has 1 saturated heterocycles. The second-order valence-electron chi connectivity index (χ2n) is 7.28. The van der Waals surface area contributed by atoms with Gasteiger partial charge in [0.15, 0.2) is 0 Å². The SMILES string of the molecule is CCN1CCN(CCCCOc2ccc(Br)cc2C(C)C)CC1.O=C(O)C(=O)O. The summed E-state index contributed by atoms with van der Waals surface area (Å²) in [5.41, 5.74) is 1.29. The fourth-order valence-electron chi connectivity index (χ4n) is 3.05. The number of halogens is 1. The van der Waals surface area contributed by atoms with Gasteiger partial charge in [0.2, 0.25) is 0 Å². The van der Waals surface area contributed by atoms with Gasteiger partial charge in [-0.2, -0.15) is 0 Å². The molecular formula is C21H33BrN2O5. The second-order valence-corrected chi connectivity index (χ2v) is 8.19. The molecule has 1 fully saturated rings. The monoisotopic (exact) mass is 472 g/mol. The highest BCUT2D eigenvalue weighted by Crippen LogP contribution is 2.29. The predicted molar refractivity (Wildman–Crippen MR) is 117 cm³/mol. The largest absolute Gasteiger partial charge is 0.493 e. The zero-order valence-electron chi connectivity index (χ0n) is 17.6. The van der Waals surface area contributed by atoms with Gasteiger partial charge in [-0.1, -0.05) is 36.7 Å². The van der Waals surface area contributed by atoms with Crippen molar-refractivity contribution in [1.82, 2.24) is 9.80 Å². The Balaban J connectivity index is 0.000000612. The number of carbonyl (C=O) groups is 2. The highest BCUT2D eigenvalue weighted by atomic mass is 79.9. The van der Waals surface area contributed by atoms with E-state index < -0.39 is 11.9 Å². The van der Waals surface area contributed by atoms with E-state index in [1.807, 2.05) is 0 Å². The molecule has 2 N–H and O–H groups in total. The minimum atomic E-state index is -1.82. The van der Waals surface area contributed by atoms with Crippen LogP contribution in [0.25, 0.3) is 0 Å². The zero-order chi connectivity index (χ0) is 21.8. The van der Waals surface area contributed by atoms with Crippen LogP contribution >= 0.6 is 15.9 Å². The Morgan fingerprint density at radius 1 is 1.07 bits per heavy atom. The van der Waals surface area contributed by atoms with Crippen LogP contribution in [0.3, 0.4) is 0 Å². The Morgan fingerprint density at radius 3 is 2.17 bits per heavy atom. The van der Waals surface area contributed by atoms with Crippen LogP contribution < -0.4 is 4.74 Å². The van der Waals surface area contributed by atoms with Gasteiger partial charge in [0.05, 0.1) is 6.61 Å². The third-order valence-corrected chi connectivity index (χ3v) is 5.31. The summed E-state index contributed by atoms with van der Waals surface area (Å²) >= 11 is 3.55. The summed E-state index contributed by atoms with van der Waals surface area (Å²) in [5.74, 6) is -2.12. The molecule has 2 rings (SSSR count). The molecule has 0 saturated carbocycles. The van der Waals surface area contributed by atoms with Crippen molar-refractivity contribution in [2.45, 2.75) is 39.5 Å². The fourth-order valence-corrected chi connectivity index (χ4v) is 3.43. The molecule has 0 amide bonds. The highest BCUT2D eigenvalue weighted by Gasteiger charge is 2.14. The highest BCUT2D eigenvalue weighted by molar-refractivity contribution is 9.10. The van der Waals surface area contributed by atoms with E-state index in [-0.39, 0.29) is 0 Å². The van der Waals surface area contributed by atoms with E-state index in [4.69, 9.17) is 24.5 Å². The number of carboxylic acid groups (broad SMARTS) is 2. The molecule has 0 unspecified atom stereocenters. The lowest BCUT2D eigenvalue weighted by Crippen LogP contribution is -2.46. The minimum absolute atomic E-state index is 0.484. The third-order valence-electron chi connectivity index (χ3n) is 4.82. The average molecular weight is 473 g/mol. The van der Waals surface area contributed by atoms with Crippen LogP contribution in [0.15, 0.2) is 22.7 Å². The summed E-state index contributed by atoms with van der Waals surface area (Å²) in [6.45, 7) is 14.8. The van der Waals surface area contributed by atoms with E-state index in [1.165, 1.54) is 51.3 Å². The molecule has 0 atom stereocenters. The van der Waals surface area contributed by atoms with Crippen LogP contribution in [0, 0.1) is 0 Å². The standard InChI is InChI=1S/C19H31BrN2O.C2H2O4/c1-4-21-10-12-22(13-11-21)9-5-6-14-23-19-8-7-17(20)15-18(19)16(2)3;3-1(4)2(5)6/h7-8,15-16H,4-6,9-14H2,1-3H3;(H,3,4)(H,5,6). The Labute approximate surface area is 181 Å². The fraction of sp³-hybridized carbons (Fsp3) is 0.619. The number of likely N-dealkylation sites (N-methyl/N-ethyl adjacent to an activating group) is 1. The number of piperazine rings is 1. The van der Waals surface area contributed by atoms with Gasteiger partial charge in [0.25, 0.3) is 0 Å². The summed E-state index contributed by atoms with van der Waals surface area (Å²) in [7, 11) is 0. The van der Waals surface area contributed by atoms with Crippen molar-refractivity contribution < 1.29 is 24.5 Å². The lowest BCUT2D eigenvalue weighted by atomic mass is 10.0. The van der Waals surface area contributed by atoms with E-state index >= 15 is 0 Å². The van der Waals surface area contributed by atoms with Gasteiger partial charge in [-0.25, -0.2) is 9.59 Å². The van der Waals surface area contributed by atoms with Gasteiger partial charge < -0.3 is 24.7 Å². The van der Waals surface area contributed by atoms with Gasteiger partial charge in [0, 0.05) is 30.7 Å². The first-order valence-electron chi connectivity index (χ1n) is 10.1. The molecule has 29 heavy (non-hydrogen) atoms. The number of rotatable bonds is 8. The lowest BCUT2D eigenvalue weighted by Gasteiger charge is -2.33. The van der Waals surface area contributed by atoms with E-state index in [0.717, 1.165) is 23.2 Å². The van der Waals surface area contributed by atoms with Crippen LogP contribution in [-0.4, -0.2) is 77.8 Å². The Kier molecular flexibility index (Phi) is 11.9. The smallest absolute Gasteiger partial charge is 0.414 e. The van der Waals surface area contributed by atoms with E-state index in [1.54, 1.807) is 0 Å². The maximum atomic E-state index is 9.10. The van der Waals surface area contributed by atoms with Gasteiger partial charge in [-0.15, -0.1) is 0 Å². The summed E-state index contributed by atoms with van der Waals surface area (Å²) in [5, 5.41) is 14.8. The third kappa shape index (κ3) is 10.1. The maximum Gasteiger partial charge on any atom is 0.414 e. The summed E-state index contributed by atoms with van der Waals surface area (Å²) in [6, 6.07) is 6.32. The molecule has 1 aliphatic rings. The summed E-state index contributed by atoms with van der Waals surface area (Å²) in [4.78, 5) is 23.3.